The van der Waals surface area contributed by atoms with Crippen LogP contribution in [0.25, 0.3) is 11.4 Å². The Bertz CT molecular complexity index is 1340. The molecule has 1 unspecified atom stereocenters. The Hall–Kier alpha value is -3.66. The van der Waals surface area contributed by atoms with Crippen LogP contribution in [-0.4, -0.2) is 37.4 Å². The van der Waals surface area contributed by atoms with Crippen LogP contribution in [0, 0.1) is 18.6 Å². The number of rotatable bonds is 6. The number of hydrogen-bond donors (Lipinski definition) is 1. The SMILES string of the molecule is Cc1c(C(C)(CNC(=O)c2cc(-c3ncc(F)cc3F)no2)c2cccc(Cl)n2)cnn1C. The molecule has 1 N–H and O–H groups in total. The lowest BCUT2D eigenvalue weighted by molar-refractivity contribution is 0.0910. The first kappa shape index (κ1) is 22.5. The maximum atomic E-state index is 14.0. The molecule has 0 aliphatic carbocycles. The summed E-state index contributed by atoms with van der Waals surface area (Å²) in [4.78, 5) is 20.9. The van der Waals surface area contributed by atoms with Crippen molar-refractivity contribution in [2.75, 3.05) is 6.54 Å². The van der Waals surface area contributed by atoms with E-state index in [0.29, 0.717) is 16.9 Å². The lowest BCUT2D eigenvalue weighted by Crippen LogP contribution is -2.40. The predicted molar refractivity (Wildman–Crippen MR) is 116 cm³/mol. The molecular weight excluding hydrogens is 454 g/mol. The zero-order chi connectivity index (χ0) is 23.8. The van der Waals surface area contributed by atoms with Gasteiger partial charge in [-0.2, -0.15) is 5.10 Å². The molecule has 11 heteroatoms. The van der Waals surface area contributed by atoms with Crippen molar-refractivity contribution in [1.29, 1.82) is 0 Å². The first-order chi connectivity index (χ1) is 15.7. The van der Waals surface area contributed by atoms with E-state index in [2.05, 4.69) is 25.5 Å². The second-order valence-electron chi connectivity index (χ2n) is 7.69. The van der Waals surface area contributed by atoms with E-state index in [4.69, 9.17) is 16.1 Å². The Kier molecular flexibility index (Phi) is 5.94. The zero-order valence-electron chi connectivity index (χ0n) is 17.9. The molecule has 1 amide bonds. The van der Waals surface area contributed by atoms with Gasteiger partial charge < -0.3 is 9.84 Å². The summed E-state index contributed by atoms with van der Waals surface area (Å²) in [6.45, 7) is 3.96. The zero-order valence-corrected chi connectivity index (χ0v) is 18.7. The van der Waals surface area contributed by atoms with Gasteiger partial charge in [-0.15, -0.1) is 0 Å². The van der Waals surface area contributed by atoms with E-state index >= 15 is 0 Å². The van der Waals surface area contributed by atoms with Crippen molar-refractivity contribution in [3.8, 4) is 11.4 Å². The Morgan fingerprint density at radius 3 is 2.73 bits per heavy atom. The van der Waals surface area contributed by atoms with E-state index < -0.39 is 23.0 Å². The first-order valence-corrected chi connectivity index (χ1v) is 10.3. The monoisotopic (exact) mass is 472 g/mol. The van der Waals surface area contributed by atoms with E-state index in [-0.39, 0.29) is 23.7 Å². The lowest BCUT2D eigenvalue weighted by Gasteiger charge is -2.29. The molecule has 0 fully saturated rings. The van der Waals surface area contributed by atoms with Crippen LogP contribution in [0.4, 0.5) is 8.78 Å². The van der Waals surface area contributed by atoms with Crippen molar-refractivity contribution in [3.05, 3.63) is 82.2 Å². The van der Waals surface area contributed by atoms with Gasteiger partial charge in [0.15, 0.2) is 5.82 Å². The fourth-order valence-corrected chi connectivity index (χ4v) is 3.68. The fourth-order valence-electron chi connectivity index (χ4n) is 3.52. The molecule has 4 heterocycles. The number of nitrogens with one attached hydrogen (secondary N) is 1. The van der Waals surface area contributed by atoms with Gasteiger partial charge in [-0.1, -0.05) is 22.8 Å². The third-order valence-electron chi connectivity index (χ3n) is 5.50. The Balaban J connectivity index is 1.60. The highest BCUT2D eigenvalue weighted by molar-refractivity contribution is 6.29. The van der Waals surface area contributed by atoms with Gasteiger partial charge in [0.25, 0.3) is 5.91 Å². The Morgan fingerprint density at radius 1 is 1.27 bits per heavy atom. The molecule has 0 spiro atoms. The average molecular weight is 473 g/mol. The second-order valence-corrected chi connectivity index (χ2v) is 8.08. The normalized spacial score (nSPS) is 13.0. The summed E-state index contributed by atoms with van der Waals surface area (Å²) in [5.74, 6) is -2.47. The highest BCUT2D eigenvalue weighted by Gasteiger charge is 2.35. The van der Waals surface area contributed by atoms with Gasteiger partial charge in [-0.25, -0.2) is 18.7 Å². The summed E-state index contributed by atoms with van der Waals surface area (Å²) in [6.07, 6.45) is 2.58. The molecule has 0 bridgehead atoms. The summed E-state index contributed by atoms with van der Waals surface area (Å²) in [5, 5.41) is 11.1. The van der Waals surface area contributed by atoms with Crippen molar-refractivity contribution >= 4 is 17.5 Å². The van der Waals surface area contributed by atoms with Crippen LogP contribution >= 0.6 is 11.6 Å². The fraction of sp³-hybridized carbons (Fsp3) is 0.227. The van der Waals surface area contributed by atoms with E-state index in [0.717, 1.165) is 17.5 Å². The highest BCUT2D eigenvalue weighted by Crippen LogP contribution is 2.33. The third-order valence-corrected chi connectivity index (χ3v) is 5.71. The van der Waals surface area contributed by atoms with Crippen molar-refractivity contribution in [2.45, 2.75) is 19.3 Å². The van der Waals surface area contributed by atoms with Crippen LogP contribution in [0.5, 0.6) is 0 Å². The van der Waals surface area contributed by atoms with Gasteiger partial charge >= 0.3 is 0 Å². The molecule has 33 heavy (non-hydrogen) atoms. The first-order valence-electron chi connectivity index (χ1n) is 9.87. The number of carbonyl (C=O) groups is 1. The van der Waals surface area contributed by atoms with E-state index in [1.54, 1.807) is 23.0 Å². The molecule has 4 aromatic heterocycles. The Morgan fingerprint density at radius 2 is 2.06 bits per heavy atom. The number of nitrogens with zero attached hydrogens (tertiary/aromatic N) is 5. The number of aromatic nitrogens is 5. The maximum Gasteiger partial charge on any atom is 0.289 e. The van der Waals surface area contributed by atoms with E-state index in [1.165, 1.54) is 6.07 Å². The smallest absolute Gasteiger partial charge is 0.289 e. The molecule has 1 atom stereocenters. The average Bonchev–Trinajstić information content (AvgIpc) is 3.39. The van der Waals surface area contributed by atoms with E-state index in [9.17, 15) is 13.6 Å². The third kappa shape index (κ3) is 4.34. The van der Waals surface area contributed by atoms with Crippen LogP contribution < -0.4 is 5.32 Å². The maximum absolute atomic E-state index is 14.0. The molecule has 0 aliphatic rings. The van der Waals surface area contributed by atoms with Crippen molar-refractivity contribution < 1.29 is 18.1 Å². The largest absolute Gasteiger partial charge is 0.350 e. The molecule has 0 saturated heterocycles. The number of hydrogen-bond acceptors (Lipinski definition) is 6. The molecular formula is C22H19ClF2N6O2. The quantitative estimate of drug-likeness (QED) is 0.428. The molecule has 0 aromatic carbocycles. The van der Waals surface area contributed by atoms with Crippen LogP contribution in [0.1, 0.15) is 34.4 Å². The van der Waals surface area contributed by atoms with Gasteiger partial charge in [0.1, 0.15) is 22.4 Å². The second kappa shape index (κ2) is 8.70. The number of halogens is 3. The summed E-state index contributed by atoms with van der Waals surface area (Å²) in [5.41, 5.74) is 1.37. The lowest BCUT2D eigenvalue weighted by atomic mass is 9.79. The van der Waals surface area contributed by atoms with Gasteiger partial charge in [0, 0.05) is 37.0 Å². The van der Waals surface area contributed by atoms with Gasteiger partial charge in [0.05, 0.1) is 23.5 Å². The molecule has 0 aliphatic heterocycles. The minimum absolute atomic E-state index is 0.0278. The van der Waals surface area contributed by atoms with Crippen LogP contribution in [0.15, 0.2) is 47.2 Å². The molecule has 170 valence electrons. The van der Waals surface area contributed by atoms with E-state index in [1.807, 2.05) is 27.0 Å². The molecule has 4 aromatic rings. The standard InChI is InChI=1S/C22H19ClF2N6O2/c1-12-14(10-28-31(12)3)22(2,18-5-4-6-19(23)29-18)11-27-21(32)17-8-16(30-33-17)20-15(25)7-13(24)9-26-20/h4-10H,11H2,1-3H3,(H,27,32). The summed E-state index contributed by atoms with van der Waals surface area (Å²) < 4.78 is 33.9. The van der Waals surface area contributed by atoms with Crippen molar-refractivity contribution in [2.24, 2.45) is 7.05 Å². The minimum Gasteiger partial charge on any atom is -0.350 e. The van der Waals surface area contributed by atoms with Crippen LogP contribution in [0.2, 0.25) is 5.15 Å². The molecule has 0 radical (unpaired) electrons. The molecule has 0 saturated carbocycles. The number of amides is 1. The molecule has 8 nitrogen and oxygen atoms in total. The van der Waals surface area contributed by atoms with Crippen LogP contribution in [0.3, 0.4) is 0 Å². The summed E-state index contributed by atoms with van der Waals surface area (Å²) >= 11 is 6.12. The number of pyridine rings is 2. The Labute approximate surface area is 192 Å². The topological polar surface area (TPSA) is 98.7 Å². The van der Waals surface area contributed by atoms with Gasteiger partial charge in [-0.05, 0) is 26.0 Å². The van der Waals surface area contributed by atoms with Crippen molar-refractivity contribution in [1.82, 2.24) is 30.2 Å². The minimum atomic E-state index is -0.915. The van der Waals surface area contributed by atoms with Gasteiger partial charge in [0.2, 0.25) is 5.76 Å². The molecule has 4 rings (SSSR count). The summed E-state index contributed by atoms with van der Waals surface area (Å²) in [7, 11) is 1.82. The van der Waals surface area contributed by atoms with Gasteiger partial charge in [-0.3, -0.25) is 9.48 Å². The number of aryl methyl sites for hydroxylation is 1. The van der Waals surface area contributed by atoms with Crippen molar-refractivity contribution in [3.63, 3.8) is 0 Å². The highest BCUT2D eigenvalue weighted by atomic mass is 35.5. The predicted octanol–water partition coefficient (Wildman–Crippen LogP) is 3.84. The summed E-state index contributed by atoms with van der Waals surface area (Å²) in [6, 6.07) is 7.18. The van der Waals surface area contributed by atoms with Crippen LogP contribution in [-0.2, 0) is 12.5 Å². The number of carbonyl (C=O) groups excluding carboxylic acids is 1.